The molecule has 0 amide bonds. The molecule has 0 aromatic carbocycles. The van der Waals surface area contributed by atoms with Crippen LogP contribution in [0.5, 0.6) is 0 Å². The molecule has 0 aromatic rings. The van der Waals surface area contributed by atoms with E-state index in [1.165, 1.54) is 12.8 Å². The number of carboxylic acid groups (broad SMARTS) is 1. The number of hydrogen-bond acceptors (Lipinski definition) is 3. The van der Waals surface area contributed by atoms with E-state index in [-0.39, 0.29) is 6.42 Å². The SMILES string of the molecule is NCCCCCC(=O)O.O=C1CCCCCC1. The van der Waals surface area contributed by atoms with Crippen molar-refractivity contribution in [1.29, 1.82) is 0 Å². The minimum absolute atomic E-state index is 0.278. The summed E-state index contributed by atoms with van der Waals surface area (Å²) in [5.41, 5.74) is 5.20. The lowest BCUT2D eigenvalue weighted by Crippen LogP contribution is -1.99. The van der Waals surface area contributed by atoms with E-state index in [0.717, 1.165) is 44.9 Å². The van der Waals surface area contributed by atoms with Crippen molar-refractivity contribution in [3.63, 3.8) is 0 Å². The molecule has 1 aliphatic rings. The van der Waals surface area contributed by atoms with Gasteiger partial charge in [0.2, 0.25) is 0 Å². The molecule has 1 saturated carbocycles. The highest BCUT2D eigenvalue weighted by Gasteiger charge is 2.05. The number of aliphatic carboxylic acids is 1. The Balaban J connectivity index is 0.000000302. The predicted octanol–water partition coefficient (Wildman–Crippen LogP) is 2.50. The summed E-state index contributed by atoms with van der Waals surface area (Å²) in [5, 5.41) is 8.18. The van der Waals surface area contributed by atoms with Crippen LogP contribution in [-0.2, 0) is 9.59 Å². The van der Waals surface area contributed by atoms with Crippen molar-refractivity contribution in [2.45, 2.75) is 64.2 Å². The molecule has 1 fully saturated rings. The maximum atomic E-state index is 10.7. The van der Waals surface area contributed by atoms with Crippen molar-refractivity contribution in [2.24, 2.45) is 5.73 Å². The number of hydrogen-bond donors (Lipinski definition) is 2. The Kier molecular flexibility index (Phi) is 11.0. The lowest BCUT2D eigenvalue weighted by Gasteiger charge is -1.93. The van der Waals surface area contributed by atoms with Crippen LogP contribution in [0.25, 0.3) is 0 Å². The topological polar surface area (TPSA) is 80.4 Å². The lowest BCUT2D eigenvalue weighted by molar-refractivity contribution is -0.137. The Hall–Kier alpha value is -0.900. The van der Waals surface area contributed by atoms with Crippen molar-refractivity contribution in [3.05, 3.63) is 0 Å². The summed E-state index contributed by atoms with van der Waals surface area (Å²) >= 11 is 0. The first-order valence-electron chi connectivity index (χ1n) is 6.60. The number of nitrogens with two attached hydrogens (primary N) is 1. The Morgan fingerprint density at radius 1 is 1.06 bits per heavy atom. The molecule has 0 bridgehead atoms. The van der Waals surface area contributed by atoms with Gasteiger partial charge in [0, 0.05) is 19.3 Å². The van der Waals surface area contributed by atoms with Gasteiger partial charge in [0.1, 0.15) is 5.78 Å². The van der Waals surface area contributed by atoms with Gasteiger partial charge >= 0.3 is 5.97 Å². The zero-order valence-electron chi connectivity index (χ0n) is 10.6. The molecule has 0 aromatic heterocycles. The molecule has 4 nitrogen and oxygen atoms in total. The third kappa shape index (κ3) is 13.0. The van der Waals surface area contributed by atoms with E-state index in [1.807, 2.05) is 0 Å². The Labute approximate surface area is 104 Å². The largest absolute Gasteiger partial charge is 0.481 e. The molecule has 4 heteroatoms. The van der Waals surface area contributed by atoms with Crippen LogP contribution in [0.15, 0.2) is 0 Å². The van der Waals surface area contributed by atoms with Crippen LogP contribution >= 0.6 is 0 Å². The molecule has 17 heavy (non-hydrogen) atoms. The standard InChI is InChI=1S/C7H12O.C6H13NO2/c8-7-5-3-1-2-4-6-7;7-5-3-1-2-4-6(8)9/h1-6H2;1-5,7H2,(H,8,9). The van der Waals surface area contributed by atoms with E-state index in [2.05, 4.69) is 0 Å². The summed E-state index contributed by atoms with van der Waals surface area (Å²) in [5.74, 6) is -0.241. The number of carbonyl (C=O) groups excluding carboxylic acids is 1. The van der Waals surface area contributed by atoms with Crippen molar-refractivity contribution in [1.82, 2.24) is 0 Å². The summed E-state index contributed by atoms with van der Waals surface area (Å²) < 4.78 is 0. The molecule has 0 unspecified atom stereocenters. The monoisotopic (exact) mass is 243 g/mol. The maximum absolute atomic E-state index is 10.7. The van der Waals surface area contributed by atoms with Gasteiger partial charge in [-0.25, -0.2) is 0 Å². The van der Waals surface area contributed by atoms with Gasteiger partial charge in [0.25, 0.3) is 0 Å². The lowest BCUT2D eigenvalue weighted by atomic mass is 10.2. The van der Waals surface area contributed by atoms with Crippen LogP contribution < -0.4 is 5.73 Å². The highest BCUT2D eigenvalue weighted by molar-refractivity contribution is 5.78. The predicted molar refractivity (Wildman–Crippen MR) is 67.9 cm³/mol. The van der Waals surface area contributed by atoms with Gasteiger partial charge in [0.05, 0.1) is 0 Å². The maximum Gasteiger partial charge on any atom is 0.303 e. The smallest absolute Gasteiger partial charge is 0.303 e. The highest BCUT2D eigenvalue weighted by atomic mass is 16.4. The van der Waals surface area contributed by atoms with E-state index in [9.17, 15) is 9.59 Å². The molecule has 0 aliphatic heterocycles. The number of carbonyl (C=O) groups is 2. The van der Waals surface area contributed by atoms with Crippen LogP contribution in [0.1, 0.15) is 64.2 Å². The Bertz CT molecular complexity index is 207. The van der Waals surface area contributed by atoms with Crippen molar-refractivity contribution < 1.29 is 14.7 Å². The van der Waals surface area contributed by atoms with Gasteiger partial charge < -0.3 is 10.8 Å². The molecule has 100 valence electrons. The average Bonchev–Trinajstić information content (AvgIpc) is 2.53. The summed E-state index contributed by atoms with van der Waals surface area (Å²) in [6.45, 7) is 0.666. The quantitative estimate of drug-likeness (QED) is 0.574. The van der Waals surface area contributed by atoms with Crippen molar-refractivity contribution >= 4 is 11.8 Å². The molecule has 0 heterocycles. The van der Waals surface area contributed by atoms with Gasteiger partial charge in [-0.2, -0.15) is 0 Å². The second kappa shape index (κ2) is 11.6. The van der Waals surface area contributed by atoms with Gasteiger partial charge in [0.15, 0.2) is 0 Å². The molecule has 3 N–H and O–H groups in total. The fourth-order valence-corrected chi connectivity index (χ4v) is 1.72. The molecular formula is C13H25NO3. The number of unbranched alkanes of at least 4 members (excludes halogenated alkanes) is 2. The second-order valence-corrected chi connectivity index (χ2v) is 4.45. The summed E-state index contributed by atoms with van der Waals surface area (Å²) in [6.07, 6.45) is 9.41. The molecule has 0 radical (unpaired) electrons. The Morgan fingerprint density at radius 3 is 2.12 bits per heavy atom. The van der Waals surface area contributed by atoms with Crippen LogP contribution in [0.4, 0.5) is 0 Å². The first-order valence-corrected chi connectivity index (χ1v) is 6.60. The molecule has 1 aliphatic carbocycles. The molecule has 1 rings (SSSR count). The molecule has 0 atom stereocenters. The van der Waals surface area contributed by atoms with Gasteiger partial charge in [-0.15, -0.1) is 0 Å². The zero-order chi connectivity index (χ0) is 12.9. The number of ketones is 1. The number of rotatable bonds is 5. The molecule has 0 spiro atoms. The van der Waals surface area contributed by atoms with Crippen molar-refractivity contribution in [2.75, 3.05) is 6.54 Å². The van der Waals surface area contributed by atoms with Gasteiger partial charge in [-0.05, 0) is 32.2 Å². The van der Waals surface area contributed by atoms with Gasteiger partial charge in [-0.1, -0.05) is 19.3 Å². The summed E-state index contributed by atoms with van der Waals surface area (Å²) in [4.78, 5) is 20.6. The first kappa shape index (κ1) is 16.1. The van der Waals surface area contributed by atoms with E-state index in [1.54, 1.807) is 0 Å². The average molecular weight is 243 g/mol. The summed E-state index contributed by atoms with van der Waals surface area (Å²) in [7, 11) is 0. The van der Waals surface area contributed by atoms with Crippen LogP contribution in [0, 0.1) is 0 Å². The van der Waals surface area contributed by atoms with E-state index >= 15 is 0 Å². The minimum Gasteiger partial charge on any atom is -0.481 e. The van der Waals surface area contributed by atoms with E-state index < -0.39 is 5.97 Å². The minimum atomic E-state index is -0.716. The Morgan fingerprint density at radius 2 is 1.65 bits per heavy atom. The number of Topliss-reactive ketones (excluding diaryl/α,β-unsaturated/α-hetero) is 1. The van der Waals surface area contributed by atoms with E-state index in [0.29, 0.717) is 12.3 Å². The van der Waals surface area contributed by atoms with Crippen LogP contribution in [0.2, 0.25) is 0 Å². The zero-order valence-corrected chi connectivity index (χ0v) is 10.6. The fraction of sp³-hybridized carbons (Fsp3) is 0.846. The highest BCUT2D eigenvalue weighted by Crippen LogP contribution is 2.12. The van der Waals surface area contributed by atoms with E-state index in [4.69, 9.17) is 10.8 Å². The third-order valence-corrected chi connectivity index (χ3v) is 2.76. The fourth-order valence-electron chi connectivity index (χ4n) is 1.72. The second-order valence-electron chi connectivity index (χ2n) is 4.45. The summed E-state index contributed by atoms with van der Waals surface area (Å²) in [6, 6.07) is 0. The molecular weight excluding hydrogens is 218 g/mol. The normalized spacial score (nSPS) is 15.7. The van der Waals surface area contributed by atoms with Crippen LogP contribution in [0.3, 0.4) is 0 Å². The third-order valence-electron chi connectivity index (χ3n) is 2.76. The van der Waals surface area contributed by atoms with Crippen LogP contribution in [-0.4, -0.2) is 23.4 Å². The first-order chi connectivity index (χ1) is 8.16. The number of carboxylic acids is 1. The van der Waals surface area contributed by atoms with Crippen molar-refractivity contribution in [3.8, 4) is 0 Å². The molecule has 0 saturated heterocycles. The van der Waals surface area contributed by atoms with Gasteiger partial charge in [-0.3, -0.25) is 9.59 Å².